The van der Waals surface area contributed by atoms with Gasteiger partial charge in [-0.25, -0.2) is 9.67 Å². The highest BCUT2D eigenvalue weighted by Gasteiger charge is 2.26. The SMILES string of the molecule is CCC(C)NC(=O)C1CCN(c2ccc(-n3cncn3)nn2)CC1. The number of aromatic nitrogens is 5. The van der Waals surface area contributed by atoms with Gasteiger partial charge in [0.15, 0.2) is 11.6 Å². The van der Waals surface area contributed by atoms with Crippen molar-refractivity contribution in [2.75, 3.05) is 18.0 Å². The van der Waals surface area contributed by atoms with E-state index in [0.29, 0.717) is 5.82 Å². The van der Waals surface area contributed by atoms with Crippen molar-refractivity contribution in [1.29, 1.82) is 0 Å². The molecule has 3 rings (SSSR count). The maximum absolute atomic E-state index is 12.2. The van der Waals surface area contributed by atoms with Crippen LogP contribution < -0.4 is 10.2 Å². The van der Waals surface area contributed by atoms with Crippen LogP contribution >= 0.6 is 0 Å². The monoisotopic (exact) mass is 329 g/mol. The van der Waals surface area contributed by atoms with Gasteiger partial charge in [-0.15, -0.1) is 10.2 Å². The topological polar surface area (TPSA) is 88.8 Å². The number of amides is 1. The molecule has 8 heteroatoms. The van der Waals surface area contributed by atoms with Crippen molar-refractivity contribution >= 4 is 11.7 Å². The van der Waals surface area contributed by atoms with Gasteiger partial charge in [-0.3, -0.25) is 4.79 Å². The first-order chi connectivity index (χ1) is 11.7. The number of carbonyl (C=O) groups is 1. The molecule has 128 valence electrons. The summed E-state index contributed by atoms with van der Waals surface area (Å²) in [6.45, 7) is 5.75. The Morgan fingerprint density at radius 2 is 2.00 bits per heavy atom. The molecule has 1 aliphatic rings. The molecule has 8 nitrogen and oxygen atoms in total. The lowest BCUT2D eigenvalue weighted by molar-refractivity contribution is -0.126. The van der Waals surface area contributed by atoms with Crippen LogP contribution in [0.15, 0.2) is 24.8 Å². The zero-order valence-electron chi connectivity index (χ0n) is 14.1. The average Bonchev–Trinajstić information content (AvgIpc) is 3.16. The Morgan fingerprint density at radius 1 is 1.29 bits per heavy atom. The first kappa shape index (κ1) is 16.4. The molecule has 3 heterocycles. The summed E-state index contributed by atoms with van der Waals surface area (Å²) in [7, 11) is 0. The molecule has 1 fully saturated rings. The van der Waals surface area contributed by atoms with Crippen molar-refractivity contribution in [3.8, 4) is 5.82 Å². The fraction of sp³-hybridized carbons (Fsp3) is 0.562. The number of anilines is 1. The summed E-state index contributed by atoms with van der Waals surface area (Å²) in [6.07, 6.45) is 5.69. The van der Waals surface area contributed by atoms with Crippen LogP contribution in [0.25, 0.3) is 5.82 Å². The van der Waals surface area contributed by atoms with Gasteiger partial charge < -0.3 is 10.2 Å². The highest BCUT2D eigenvalue weighted by atomic mass is 16.1. The summed E-state index contributed by atoms with van der Waals surface area (Å²) in [5, 5.41) is 15.6. The molecule has 1 saturated heterocycles. The summed E-state index contributed by atoms with van der Waals surface area (Å²) in [5.74, 6) is 1.74. The number of rotatable bonds is 5. The van der Waals surface area contributed by atoms with Crippen LogP contribution in [0.1, 0.15) is 33.1 Å². The molecule has 0 saturated carbocycles. The largest absolute Gasteiger partial charge is 0.355 e. The smallest absolute Gasteiger partial charge is 0.223 e. The van der Waals surface area contributed by atoms with Crippen molar-refractivity contribution < 1.29 is 4.79 Å². The Bertz CT molecular complexity index is 648. The van der Waals surface area contributed by atoms with Crippen molar-refractivity contribution in [2.24, 2.45) is 5.92 Å². The minimum Gasteiger partial charge on any atom is -0.355 e. The fourth-order valence-corrected chi connectivity index (χ4v) is 2.77. The van der Waals surface area contributed by atoms with E-state index >= 15 is 0 Å². The van der Waals surface area contributed by atoms with Gasteiger partial charge in [-0.05, 0) is 38.3 Å². The Balaban J connectivity index is 1.56. The van der Waals surface area contributed by atoms with E-state index in [1.54, 1.807) is 11.0 Å². The number of hydrogen-bond acceptors (Lipinski definition) is 6. The van der Waals surface area contributed by atoms with E-state index < -0.39 is 0 Å². The predicted octanol–water partition coefficient (Wildman–Crippen LogP) is 1.19. The molecular weight excluding hydrogens is 306 g/mol. The maximum atomic E-state index is 12.2. The Morgan fingerprint density at radius 3 is 2.58 bits per heavy atom. The van der Waals surface area contributed by atoms with Gasteiger partial charge in [0, 0.05) is 25.0 Å². The van der Waals surface area contributed by atoms with E-state index in [1.807, 2.05) is 19.1 Å². The standard InChI is InChI=1S/C16H23N7O/c1-3-12(2)19-16(24)13-6-8-22(9-7-13)14-4-5-15(21-20-14)23-11-17-10-18-23/h4-5,10-13H,3,6-9H2,1-2H3,(H,19,24). The minimum absolute atomic E-state index is 0.0950. The molecule has 1 atom stereocenters. The summed E-state index contributed by atoms with van der Waals surface area (Å²) >= 11 is 0. The average molecular weight is 329 g/mol. The summed E-state index contributed by atoms with van der Waals surface area (Å²) < 4.78 is 1.57. The first-order valence-corrected chi connectivity index (χ1v) is 8.41. The summed E-state index contributed by atoms with van der Waals surface area (Å²) in [6, 6.07) is 4.05. The molecule has 0 aliphatic carbocycles. The van der Waals surface area contributed by atoms with E-state index in [0.717, 1.165) is 38.2 Å². The molecule has 1 N–H and O–H groups in total. The van der Waals surface area contributed by atoms with Gasteiger partial charge >= 0.3 is 0 Å². The second-order valence-electron chi connectivity index (χ2n) is 6.17. The van der Waals surface area contributed by atoms with Crippen LogP contribution in [0.5, 0.6) is 0 Å². The van der Waals surface area contributed by atoms with E-state index in [9.17, 15) is 4.79 Å². The number of hydrogen-bond donors (Lipinski definition) is 1. The van der Waals surface area contributed by atoms with Gasteiger partial charge in [-0.1, -0.05) is 6.92 Å². The van der Waals surface area contributed by atoms with Crippen molar-refractivity contribution in [3.05, 3.63) is 24.8 Å². The lowest BCUT2D eigenvalue weighted by Crippen LogP contribution is -2.43. The van der Waals surface area contributed by atoms with Crippen LogP contribution in [0.3, 0.4) is 0 Å². The third-order valence-electron chi connectivity index (χ3n) is 4.48. The van der Waals surface area contributed by atoms with Gasteiger partial charge in [-0.2, -0.15) is 5.10 Å². The number of nitrogens with one attached hydrogen (secondary N) is 1. The zero-order valence-corrected chi connectivity index (χ0v) is 14.1. The van der Waals surface area contributed by atoms with Crippen LogP contribution in [-0.4, -0.2) is 50.0 Å². The summed E-state index contributed by atoms with van der Waals surface area (Å²) in [5.41, 5.74) is 0. The molecule has 24 heavy (non-hydrogen) atoms. The Labute approximate surface area is 141 Å². The molecule has 2 aromatic heterocycles. The van der Waals surface area contributed by atoms with Crippen LogP contribution in [0, 0.1) is 5.92 Å². The minimum atomic E-state index is 0.0950. The molecule has 2 aromatic rings. The van der Waals surface area contributed by atoms with Crippen molar-refractivity contribution in [2.45, 2.75) is 39.2 Å². The van der Waals surface area contributed by atoms with Crippen molar-refractivity contribution in [1.82, 2.24) is 30.3 Å². The van der Waals surface area contributed by atoms with Crippen LogP contribution in [0.2, 0.25) is 0 Å². The normalized spacial score (nSPS) is 16.8. The Hall–Kier alpha value is -2.51. The van der Waals surface area contributed by atoms with E-state index in [-0.39, 0.29) is 17.9 Å². The van der Waals surface area contributed by atoms with E-state index in [1.165, 1.54) is 6.33 Å². The Kier molecular flexibility index (Phi) is 5.02. The zero-order chi connectivity index (χ0) is 16.9. The fourth-order valence-electron chi connectivity index (χ4n) is 2.77. The third-order valence-corrected chi connectivity index (χ3v) is 4.48. The quantitative estimate of drug-likeness (QED) is 0.886. The van der Waals surface area contributed by atoms with Gasteiger partial charge in [0.2, 0.25) is 5.91 Å². The first-order valence-electron chi connectivity index (χ1n) is 8.41. The van der Waals surface area contributed by atoms with Crippen LogP contribution in [0.4, 0.5) is 5.82 Å². The number of nitrogens with zero attached hydrogens (tertiary/aromatic N) is 6. The highest BCUT2D eigenvalue weighted by Crippen LogP contribution is 2.22. The molecule has 1 unspecified atom stereocenters. The molecule has 0 bridgehead atoms. The second-order valence-corrected chi connectivity index (χ2v) is 6.17. The van der Waals surface area contributed by atoms with Crippen molar-refractivity contribution in [3.63, 3.8) is 0 Å². The van der Waals surface area contributed by atoms with Gasteiger partial charge in [0.25, 0.3) is 0 Å². The maximum Gasteiger partial charge on any atom is 0.223 e. The third kappa shape index (κ3) is 3.69. The highest BCUT2D eigenvalue weighted by molar-refractivity contribution is 5.79. The van der Waals surface area contributed by atoms with E-state index in [2.05, 4.69) is 37.4 Å². The lowest BCUT2D eigenvalue weighted by Gasteiger charge is -2.32. The number of piperidine rings is 1. The summed E-state index contributed by atoms with van der Waals surface area (Å²) in [4.78, 5) is 18.3. The van der Waals surface area contributed by atoms with Gasteiger partial charge in [0.05, 0.1) is 0 Å². The predicted molar refractivity (Wildman–Crippen MR) is 89.8 cm³/mol. The number of carbonyl (C=O) groups excluding carboxylic acids is 1. The molecule has 0 aromatic carbocycles. The second kappa shape index (κ2) is 7.37. The molecule has 0 radical (unpaired) electrons. The lowest BCUT2D eigenvalue weighted by atomic mass is 9.95. The molecule has 0 spiro atoms. The van der Waals surface area contributed by atoms with E-state index in [4.69, 9.17) is 0 Å². The van der Waals surface area contributed by atoms with Crippen LogP contribution in [-0.2, 0) is 4.79 Å². The molecule has 1 aliphatic heterocycles. The molecule has 1 amide bonds. The molecular formula is C16H23N7O. The van der Waals surface area contributed by atoms with Gasteiger partial charge in [0.1, 0.15) is 12.7 Å².